The van der Waals surface area contributed by atoms with Gasteiger partial charge in [0.15, 0.2) is 0 Å². The first kappa shape index (κ1) is 22.2. The van der Waals surface area contributed by atoms with Crippen LogP contribution in [0.5, 0.6) is 0 Å². The molecule has 32 heavy (non-hydrogen) atoms. The number of hydrogen-bond acceptors (Lipinski definition) is 6. The van der Waals surface area contributed by atoms with Gasteiger partial charge in [-0.1, -0.05) is 6.07 Å². The van der Waals surface area contributed by atoms with E-state index in [2.05, 4.69) is 31.2 Å². The first-order valence-corrected chi connectivity index (χ1v) is 9.75. The molecule has 0 aliphatic carbocycles. The normalized spacial score (nSPS) is 10.2. The second-order valence-electron chi connectivity index (χ2n) is 6.70. The van der Waals surface area contributed by atoms with Crippen molar-refractivity contribution >= 4 is 40.8 Å². The van der Waals surface area contributed by atoms with E-state index in [-0.39, 0.29) is 16.9 Å². The van der Waals surface area contributed by atoms with Crippen LogP contribution in [0.4, 0.5) is 27.7 Å². The lowest BCUT2D eigenvalue weighted by Crippen LogP contribution is -2.28. The molecular formula is C22H22N6O4. The van der Waals surface area contributed by atoms with Crippen LogP contribution in [0, 0.1) is 6.92 Å². The zero-order valence-electron chi connectivity index (χ0n) is 17.5. The summed E-state index contributed by atoms with van der Waals surface area (Å²) in [6, 6.07) is 9.23. The Labute approximate surface area is 184 Å². The second kappa shape index (κ2) is 10.0. The SMILES string of the molecule is CCNC(=O)Nc1cc(Nc2cccc(C(=O)O)c2C)c(C(=O)Nc2cccnc2)cn1. The maximum atomic E-state index is 12.9. The lowest BCUT2D eigenvalue weighted by atomic mass is 10.1. The molecule has 2 aromatic heterocycles. The van der Waals surface area contributed by atoms with Crippen molar-refractivity contribution in [3.8, 4) is 0 Å². The van der Waals surface area contributed by atoms with E-state index < -0.39 is 17.9 Å². The van der Waals surface area contributed by atoms with Crippen LogP contribution in [0.2, 0.25) is 0 Å². The van der Waals surface area contributed by atoms with Crippen LogP contribution in [0.25, 0.3) is 0 Å². The average molecular weight is 434 g/mol. The van der Waals surface area contributed by atoms with E-state index in [1.165, 1.54) is 24.5 Å². The molecule has 5 N–H and O–H groups in total. The molecule has 3 rings (SSSR count). The van der Waals surface area contributed by atoms with Crippen molar-refractivity contribution in [1.82, 2.24) is 15.3 Å². The Morgan fingerprint density at radius 1 is 1.00 bits per heavy atom. The van der Waals surface area contributed by atoms with Crippen molar-refractivity contribution in [2.75, 3.05) is 22.5 Å². The minimum absolute atomic E-state index is 0.131. The summed E-state index contributed by atoms with van der Waals surface area (Å²) in [5.41, 5.74) is 2.14. The Kier molecular flexibility index (Phi) is 6.96. The van der Waals surface area contributed by atoms with Crippen LogP contribution in [-0.2, 0) is 0 Å². The van der Waals surface area contributed by atoms with Crippen molar-refractivity contribution in [1.29, 1.82) is 0 Å². The molecule has 0 bridgehead atoms. The van der Waals surface area contributed by atoms with Crippen LogP contribution in [0.3, 0.4) is 0 Å². The van der Waals surface area contributed by atoms with E-state index in [1.807, 2.05) is 0 Å². The van der Waals surface area contributed by atoms with Gasteiger partial charge in [-0.25, -0.2) is 14.6 Å². The number of anilines is 4. The zero-order valence-corrected chi connectivity index (χ0v) is 17.5. The first-order valence-electron chi connectivity index (χ1n) is 9.75. The maximum Gasteiger partial charge on any atom is 0.336 e. The van der Waals surface area contributed by atoms with Gasteiger partial charge in [-0.05, 0) is 43.7 Å². The molecule has 0 atom stereocenters. The minimum Gasteiger partial charge on any atom is -0.478 e. The average Bonchev–Trinajstić information content (AvgIpc) is 2.76. The molecule has 0 aliphatic rings. The predicted octanol–water partition coefficient (Wildman–Crippen LogP) is 3.62. The summed E-state index contributed by atoms with van der Waals surface area (Å²) in [5, 5.41) is 20.4. The molecule has 0 unspecified atom stereocenters. The molecule has 0 spiro atoms. The fraction of sp³-hybridized carbons (Fsp3) is 0.136. The molecule has 3 amide bonds. The van der Waals surface area contributed by atoms with Crippen LogP contribution in [0.15, 0.2) is 55.0 Å². The summed E-state index contributed by atoms with van der Waals surface area (Å²) in [4.78, 5) is 44.4. The number of amides is 3. The number of urea groups is 1. The third-order valence-corrected chi connectivity index (χ3v) is 4.48. The number of rotatable bonds is 7. The second-order valence-corrected chi connectivity index (χ2v) is 6.70. The summed E-state index contributed by atoms with van der Waals surface area (Å²) in [5.74, 6) is -1.30. The molecule has 0 fully saturated rings. The van der Waals surface area contributed by atoms with Gasteiger partial charge in [-0.3, -0.25) is 15.1 Å². The van der Waals surface area contributed by atoms with Crippen LogP contribution < -0.4 is 21.3 Å². The highest BCUT2D eigenvalue weighted by Gasteiger charge is 2.17. The largest absolute Gasteiger partial charge is 0.478 e. The highest BCUT2D eigenvalue weighted by Crippen LogP contribution is 2.27. The lowest BCUT2D eigenvalue weighted by Gasteiger charge is -2.16. The fourth-order valence-electron chi connectivity index (χ4n) is 2.91. The number of carboxylic acid groups (broad SMARTS) is 1. The van der Waals surface area contributed by atoms with Crippen molar-refractivity contribution in [3.05, 3.63) is 71.7 Å². The Morgan fingerprint density at radius 3 is 2.50 bits per heavy atom. The Hall–Kier alpha value is -4.47. The highest BCUT2D eigenvalue weighted by molar-refractivity contribution is 6.08. The van der Waals surface area contributed by atoms with Crippen LogP contribution in [-0.4, -0.2) is 39.5 Å². The summed E-state index contributed by atoms with van der Waals surface area (Å²) in [6.07, 6.45) is 4.42. The van der Waals surface area contributed by atoms with Gasteiger partial charge in [0.05, 0.1) is 28.7 Å². The van der Waals surface area contributed by atoms with Gasteiger partial charge in [-0.2, -0.15) is 0 Å². The van der Waals surface area contributed by atoms with Crippen LogP contribution >= 0.6 is 0 Å². The van der Waals surface area contributed by atoms with Gasteiger partial charge in [0.25, 0.3) is 5.91 Å². The summed E-state index contributed by atoms with van der Waals surface area (Å²) >= 11 is 0. The zero-order chi connectivity index (χ0) is 23.1. The number of carbonyl (C=O) groups is 3. The van der Waals surface area contributed by atoms with E-state index in [0.29, 0.717) is 29.2 Å². The molecule has 0 saturated heterocycles. The number of nitrogens with one attached hydrogen (secondary N) is 4. The number of carbonyl (C=O) groups excluding carboxylic acids is 2. The molecule has 0 radical (unpaired) electrons. The summed E-state index contributed by atoms with van der Waals surface area (Å²) in [7, 11) is 0. The van der Waals surface area contributed by atoms with Gasteiger partial charge in [-0.15, -0.1) is 0 Å². The predicted molar refractivity (Wildman–Crippen MR) is 121 cm³/mol. The number of aromatic carboxylic acids is 1. The minimum atomic E-state index is -1.06. The van der Waals surface area contributed by atoms with E-state index in [1.54, 1.807) is 44.3 Å². The molecule has 164 valence electrons. The lowest BCUT2D eigenvalue weighted by molar-refractivity contribution is 0.0696. The van der Waals surface area contributed by atoms with Crippen LogP contribution in [0.1, 0.15) is 33.2 Å². The monoisotopic (exact) mass is 434 g/mol. The van der Waals surface area contributed by atoms with E-state index in [4.69, 9.17) is 0 Å². The van der Waals surface area contributed by atoms with Crippen molar-refractivity contribution in [2.45, 2.75) is 13.8 Å². The maximum absolute atomic E-state index is 12.9. The highest BCUT2D eigenvalue weighted by atomic mass is 16.4. The number of pyridine rings is 2. The molecular weight excluding hydrogens is 412 g/mol. The van der Waals surface area contributed by atoms with Crippen molar-refractivity contribution < 1.29 is 19.5 Å². The summed E-state index contributed by atoms with van der Waals surface area (Å²) < 4.78 is 0. The molecule has 2 heterocycles. The Bertz CT molecular complexity index is 1150. The third kappa shape index (κ3) is 5.36. The molecule has 10 nitrogen and oxygen atoms in total. The summed E-state index contributed by atoms with van der Waals surface area (Å²) in [6.45, 7) is 3.88. The van der Waals surface area contributed by atoms with E-state index in [9.17, 15) is 19.5 Å². The fourth-order valence-corrected chi connectivity index (χ4v) is 2.91. The molecule has 0 aliphatic heterocycles. The molecule has 1 aromatic carbocycles. The third-order valence-electron chi connectivity index (χ3n) is 4.48. The number of benzene rings is 1. The van der Waals surface area contributed by atoms with Crippen molar-refractivity contribution in [2.24, 2.45) is 0 Å². The van der Waals surface area contributed by atoms with E-state index in [0.717, 1.165) is 0 Å². The Balaban J connectivity index is 1.98. The van der Waals surface area contributed by atoms with Gasteiger partial charge in [0.2, 0.25) is 0 Å². The van der Waals surface area contributed by atoms with E-state index >= 15 is 0 Å². The quantitative estimate of drug-likeness (QED) is 0.382. The van der Waals surface area contributed by atoms with Gasteiger partial charge in [0, 0.05) is 30.7 Å². The number of hydrogen-bond donors (Lipinski definition) is 5. The Morgan fingerprint density at radius 2 is 1.81 bits per heavy atom. The molecule has 10 heteroatoms. The van der Waals surface area contributed by atoms with Gasteiger partial charge < -0.3 is 21.1 Å². The molecule has 3 aromatic rings. The smallest absolute Gasteiger partial charge is 0.336 e. The molecule has 0 saturated carbocycles. The number of nitrogens with zero attached hydrogens (tertiary/aromatic N) is 2. The van der Waals surface area contributed by atoms with Gasteiger partial charge >= 0.3 is 12.0 Å². The first-order chi connectivity index (χ1) is 15.4. The van der Waals surface area contributed by atoms with Gasteiger partial charge in [0.1, 0.15) is 5.82 Å². The standard InChI is InChI=1S/C22H22N6O4/c1-3-24-22(32)28-19-10-18(27-17-8-4-7-15(13(17)2)21(30)31)16(12-25-19)20(29)26-14-6-5-9-23-11-14/h4-12H,3H2,1-2H3,(H,26,29)(H,30,31)(H3,24,25,27,28,32). The topological polar surface area (TPSA) is 145 Å². The van der Waals surface area contributed by atoms with Crippen molar-refractivity contribution in [3.63, 3.8) is 0 Å². The number of carboxylic acids is 1. The number of aromatic nitrogens is 2.